The number of nitro groups is 1. The van der Waals surface area contributed by atoms with Gasteiger partial charge in [-0.15, -0.1) is 0 Å². The minimum Gasteiger partial charge on any atom is -0.488 e. The Morgan fingerprint density at radius 1 is 1.06 bits per heavy atom. The van der Waals surface area contributed by atoms with E-state index >= 15 is 0 Å². The molecule has 0 aromatic heterocycles. The maximum absolute atomic E-state index is 13.5. The summed E-state index contributed by atoms with van der Waals surface area (Å²) in [6, 6.07) is 14.0. The minimum atomic E-state index is -1.00. The van der Waals surface area contributed by atoms with Gasteiger partial charge in [0.05, 0.1) is 10.6 Å². The number of barbiturate groups is 1. The fourth-order valence-electron chi connectivity index (χ4n) is 3.32. The van der Waals surface area contributed by atoms with E-state index in [4.69, 9.17) is 16.3 Å². The number of carbonyl (C=O) groups excluding carboxylic acids is 3. The summed E-state index contributed by atoms with van der Waals surface area (Å²) in [6.07, 6.45) is 1.22. The number of hydrogen-bond donors (Lipinski definition) is 1. The van der Waals surface area contributed by atoms with Crippen LogP contribution < -0.4 is 15.0 Å². The zero-order valence-electron chi connectivity index (χ0n) is 17.7. The average molecular weight is 496 g/mol. The maximum atomic E-state index is 13.5. The Hall–Kier alpha value is -4.57. The summed E-state index contributed by atoms with van der Waals surface area (Å²) < 4.78 is 19.2. The Bertz CT molecular complexity index is 1390. The predicted octanol–water partition coefficient (Wildman–Crippen LogP) is 4.63. The summed E-state index contributed by atoms with van der Waals surface area (Å²) in [6.45, 7) is 0.00309. The van der Waals surface area contributed by atoms with E-state index < -0.39 is 28.6 Å². The summed E-state index contributed by atoms with van der Waals surface area (Å²) in [5.41, 5.74) is 0.237. The Kier molecular flexibility index (Phi) is 6.56. The second kappa shape index (κ2) is 9.74. The normalized spacial score (nSPS) is 14.7. The molecule has 0 saturated carbocycles. The van der Waals surface area contributed by atoms with E-state index in [0.717, 1.165) is 12.1 Å². The molecule has 176 valence electrons. The first-order valence-corrected chi connectivity index (χ1v) is 10.4. The molecule has 1 heterocycles. The van der Waals surface area contributed by atoms with Crippen LogP contribution in [0.1, 0.15) is 11.1 Å². The van der Waals surface area contributed by atoms with Gasteiger partial charge in [0, 0.05) is 22.7 Å². The van der Waals surface area contributed by atoms with Crippen molar-refractivity contribution >= 4 is 46.9 Å². The van der Waals surface area contributed by atoms with E-state index in [2.05, 4.69) is 5.32 Å². The van der Waals surface area contributed by atoms with E-state index in [1.807, 2.05) is 0 Å². The van der Waals surface area contributed by atoms with Gasteiger partial charge < -0.3 is 4.74 Å². The molecular weight excluding hydrogens is 481 g/mol. The molecule has 1 aliphatic heterocycles. The molecule has 0 unspecified atom stereocenters. The van der Waals surface area contributed by atoms with Crippen molar-refractivity contribution in [3.05, 3.63) is 104 Å². The van der Waals surface area contributed by atoms with E-state index in [0.29, 0.717) is 15.5 Å². The quantitative estimate of drug-likeness (QED) is 0.230. The van der Waals surface area contributed by atoms with Crippen LogP contribution >= 0.6 is 11.6 Å². The number of non-ortho nitro benzene ring substituents is 1. The monoisotopic (exact) mass is 495 g/mol. The van der Waals surface area contributed by atoms with Gasteiger partial charge in [-0.05, 0) is 54.1 Å². The number of nitrogens with zero attached hydrogens (tertiary/aromatic N) is 2. The summed E-state index contributed by atoms with van der Waals surface area (Å²) in [7, 11) is 0. The molecule has 0 radical (unpaired) electrons. The molecule has 3 aromatic rings. The zero-order chi connectivity index (χ0) is 25.1. The first-order chi connectivity index (χ1) is 16.7. The molecule has 1 fully saturated rings. The number of nitro benzene ring substituents is 1. The third-order valence-corrected chi connectivity index (χ3v) is 5.21. The van der Waals surface area contributed by atoms with Crippen molar-refractivity contribution in [3.8, 4) is 5.75 Å². The van der Waals surface area contributed by atoms with Crippen LogP contribution in [-0.2, 0) is 16.2 Å². The molecule has 11 heteroatoms. The van der Waals surface area contributed by atoms with E-state index in [1.165, 1.54) is 48.5 Å². The third-order valence-electron chi connectivity index (χ3n) is 4.98. The van der Waals surface area contributed by atoms with E-state index in [1.54, 1.807) is 12.1 Å². The fourth-order valence-corrected chi connectivity index (χ4v) is 3.50. The summed E-state index contributed by atoms with van der Waals surface area (Å²) in [5, 5.41) is 13.3. The van der Waals surface area contributed by atoms with Gasteiger partial charge in [-0.1, -0.05) is 23.7 Å². The molecule has 0 bridgehead atoms. The number of anilines is 1. The van der Waals surface area contributed by atoms with Gasteiger partial charge >= 0.3 is 6.03 Å². The Morgan fingerprint density at radius 3 is 2.49 bits per heavy atom. The number of halogens is 2. The summed E-state index contributed by atoms with van der Waals surface area (Å²) >= 11 is 6.09. The lowest BCUT2D eigenvalue weighted by Gasteiger charge is -2.26. The second-order valence-electron chi connectivity index (χ2n) is 7.33. The van der Waals surface area contributed by atoms with E-state index in [-0.39, 0.29) is 34.9 Å². The van der Waals surface area contributed by atoms with E-state index in [9.17, 15) is 28.9 Å². The number of rotatable bonds is 6. The maximum Gasteiger partial charge on any atom is 0.335 e. The molecule has 3 aromatic carbocycles. The summed E-state index contributed by atoms with van der Waals surface area (Å²) in [5.74, 6) is -2.05. The van der Waals surface area contributed by atoms with Crippen molar-refractivity contribution in [2.24, 2.45) is 0 Å². The average Bonchev–Trinajstić information content (AvgIpc) is 2.81. The van der Waals surface area contributed by atoms with Crippen molar-refractivity contribution in [1.29, 1.82) is 0 Å². The standard InChI is InChI=1S/C24H15ClFN3O6/c25-16-4-9-21(35-13-14-2-1-3-17(26)10-14)15(11-16)12-20-22(30)27-24(32)28(23(20)31)18-5-7-19(8-6-18)29(33)34/h1-12H,13H2,(H,27,30,32)/b20-12+. The smallest absolute Gasteiger partial charge is 0.335 e. The van der Waals surface area contributed by atoms with Gasteiger partial charge in [0.1, 0.15) is 23.7 Å². The van der Waals surface area contributed by atoms with Gasteiger partial charge in [-0.2, -0.15) is 0 Å². The number of urea groups is 1. The highest BCUT2D eigenvalue weighted by atomic mass is 35.5. The first-order valence-electron chi connectivity index (χ1n) is 10.1. The van der Waals surface area contributed by atoms with Gasteiger partial charge in [-0.3, -0.25) is 25.0 Å². The van der Waals surface area contributed by atoms with Crippen molar-refractivity contribution in [2.75, 3.05) is 4.90 Å². The van der Waals surface area contributed by atoms with Gasteiger partial charge in [-0.25, -0.2) is 14.1 Å². The van der Waals surface area contributed by atoms with Crippen LogP contribution in [0.15, 0.2) is 72.3 Å². The second-order valence-corrected chi connectivity index (χ2v) is 7.77. The van der Waals surface area contributed by atoms with Gasteiger partial charge in [0.2, 0.25) is 0 Å². The highest BCUT2D eigenvalue weighted by Crippen LogP contribution is 2.29. The lowest BCUT2D eigenvalue weighted by atomic mass is 10.1. The number of amides is 4. The molecular formula is C24H15ClFN3O6. The number of benzene rings is 3. The first kappa shape index (κ1) is 23.6. The van der Waals surface area contributed by atoms with Crippen LogP contribution in [0.25, 0.3) is 6.08 Å². The van der Waals surface area contributed by atoms with Crippen LogP contribution in [-0.4, -0.2) is 22.8 Å². The van der Waals surface area contributed by atoms with Crippen molar-refractivity contribution < 1.29 is 28.4 Å². The van der Waals surface area contributed by atoms with Crippen LogP contribution in [0.4, 0.5) is 20.6 Å². The molecule has 4 amide bonds. The molecule has 4 rings (SSSR count). The van der Waals surface area contributed by atoms with Crippen LogP contribution in [0.3, 0.4) is 0 Å². The number of hydrogen-bond acceptors (Lipinski definition) is 6. The molecule has 0 atom stereocenters. The third kappa shape index (κ3) is 5.17. The summed E-state index contributed by atoms with van der Waals surface area (Å²) in [4.78, 5) is 48.9. The van der Waals surface area contributed by atoms with Crippen molar-refractivity contribution in [3.63, 3.8) is 0 Å². The van der Waals surface area contributed by atoms with Crippen molar-refractivity contribution in [1.82, 2.24) is 5.32 Å². The number of imide groups is 2. The topological polar surface area (TPSA) is 119 Å². The van der Waals surface area contributed by atoms with Gasteiger partial charge in [0.15, 0.2) is 0 Å². The fraction of sp³-hybridized carbons (Fsp3) is 0.0417. The predicted molar refractivity (Wildman–Crippen MR) is 124 cm³/mol. The lowest BCUT2D eigenvalue weighted by Crippen LogP contribution is -2.54. The molecule has 1 aliphatic rings. The molecule has 35 heavy (non-hydrogen) atoms. The number of carbonyl (C=O) groups is 3. The number of nitrogens with one attached hydrogen (secondary N) is 1. The zero-order valence-corrected chi connectivity index (χ0v) is 18.5. The molecule has 0 aliphatic carbocycles. The SMILES string of the molecule is O=C1NC(=O)N(c2ccc([N+](=O)[O-])cc2)C(=O)/C1=C/c1cc(Cl)ccc1OCc1cccc(F)c1. The highest BCUT2D eigenvalue weighted by Gasteiger charge is 2.37. The lowest BCUT2D eigenvalue weighted by molar-refractivity contribution is -0.384. The molecule has 9 nitrogen and oxygen atoms in total. The van der Waals surface area contributed by atoms with Crippen molar-refractivity contribution in [2.45, 2.75) is 6.61 Å². The Balaban J connectivity index is 1.66. The molecule has 1 saturated heterocycles. The molecule has 0 spiro atoms. The molecule has 1 N–H and O–H groups in total. The van der Waals surface area contributed by atoms with Crippen LogP contribution in [0, 0.1) is 15.9 Å². The highest BCUT2D eigenvalue weighted by molar-refractivity contribution is 6.39. The minimum absolute atomic E-state index is 0.00309. The number of ether oxygens (including phenoxy) is 1. The van der Waals surface area contributed by atoms with Gasteiger partial charge in [0.25, 0.3) is 17.5 Å². The van der Waals surface area contributed by atoms with Crippen LogP contribution in [0.2, 0.25) is 5.02 Å². The van der Waals surface area contributed by atoms with Crippen LogP contribution in [0.5, 0.6) is 5.75 Å². The Labute approximate surface area is 202 Å². The largest absolute Gasteiger partial charge is 0.488 e. The Morgan fingerprint density at radius 2 is 1.80 bits per heavy atom.